The maximum Gasteiger partial charge on any atom is 0.341 e. The van der Waals surface area contributed by atoms with E-state index in [2.05, 4.69) is 0 Å². The highest BCUT2D eigenvalue weighted by Crippen LogP contribution is 2.28. The molecular weight excluding hydrogens is 439 g/mol. The Morgan fingerprint density at radius 2 is 1.63 bits per heavy atom. The first kappa shape index (κ1) is 21.6. The lowest BCUT2D eigenvalue weighted by Gasteiger charge is -2.34. The van der Waals surface area contributed by atoms with Gasteiger partial charge in [-0.1, -0.05) is 6.07 Å². The van der Waals surface area contributed by atoms with Crippen LogP contribution in [0.4, 0.5) is 32.4 Å². The summed E-state index contributed by atoms with van der Waals surface area (Å²) in [6.07, 6.45) is 0. The summed E-state index contributed by atoms with van der Waals surface area (Å²) in [6.45, 7) is -1.29. The van der Waals surface area contributed by atoms with Crippen molar-refractivity contribution >= 4 is 27.5 Å². The first-order valence-electron chi connectivity index (χ1n) is 8.02. The van der Waals surface area contributed by atoms with Crippen molar-refractivity contribution in [2.24, 2.45) is 0 Å². The summed E-state index contributed by atoms with van der Waals surface area (Å²) in [5.74, 6) is -9.03. The maximum atomic E-state index is 14.4. The van der Waals surface area contributed by atoms with Gasteiger partial charge in [-0.3, -0.25) is 9.69 Å². The normalized spacial score (nSPS) is 15.1. The molecule has 1 aliphatic heterocycles. The zero-order valence-corrected chi connectivity index (χ0v) is 15.5. The van der Waals surface area contributed by atoms with Crippen molar-refractivity contribution in [1.29, 1.82) is 0 Å². The monoisotopic (exact) mass is 450 g/mol. The number of halogens is 5. The van der Waals surface area contributed by atoms with Crippen molar-refractivity contribution in [1.82, 2.24) is 4.90 Å². The molecule has 1 heterocycles. The zero-order valence-electron chi connectivity index (χ0n) is 14.7. The molecule has 1 saturated heterocycles. The molecule has 1 aliphatic rings. The standard InChI is InChI=1S/C17H11F5N2O5S/c18-10-2-1-3-11(19)14(10)15(25)24-8-29-7-23(17(24)26)13-5-4-9(6-12(13)20)30(27,28)16(21)22/h1-6,16H,7-8H2. The lowest BCUT2D eigenvalue weighted by atomic mass is 10.1. The van der Waals surface area contributed by atoms with E-state index in [1.165, 1.54) is 0 Å². The molecule has 0 N–H and O–H groups in total. The molecule has 30 heavy (non-hydrogen) atoms. The fourth-order valence-electron chi connectivity index (χ4n) is 2.62. The quantitative estimate of drug-likeness (QED) is 0.669. The van der Waals surface area contributed by atoms with E-state index in [0.717, 1.165) is 24.3 Å². The number of sulfone groups is 1. The topological polar surface area (TPSA) is 84.0 Å². The third-order valence-electron chi connectivity index (χ3n) is 4.10. The Morgan fingerprint density at radius 1 is 1.00 bits per heavy atom. The third kappa shape index (κ3) is 3.73. The van der Waals surface area contributed by atoms with Gasteiger partial charge in [-0.05, 0) is 30.3 Å². The molecule has 0 spiro atoms. The van der Waals surface area contributed by atoms with Gasteiger partial charge < -0.3 is 4.74 Å². The average Bonchev–Trinajstić information content (AvgIpc) is 2.68. The summed E-state index contributed by atoms with van der Waals surface area (Å²) < 4.78 is 95.2. The van der Waals surface area contributed by atoms with Gasteiger partial charge in [-0.25, -0.2) is 31.3 Å². The van der Waals surface area contributed by atoms with Crippen molar-refractivity contribution < 1.29 is 44.7 Å². The summed E-state index contributed by atoms with van der Waals surface area (Å²) >= 11 is 0. The molecule has 0 unspecified atom stereocenters. The summed E-state index contributed by atoms with van der Waals surface area (Å²) in [4.78, 5) is 24.9. The highest BCUT2D eigenvalue weighted by Gasteiger charge is 2.36. The van der Waals surface area contributed by atoms with Gasteiger partial charge in [0.25, 0.3) is 5.91 Å². The van der Waals surface area contributed by atoms with Crippen LogP contribution in [0.3, 0.4) is 0 Å². The molecule has 0 radical (unpaired) electrons. The average molecular weight is 450 g/mol. The number of hydrogen-bond donors (Lipinski definition) is 0. The van der Waals surface area contributed by atoms with Crippen LogP contribution in [0.5, 0.6) is 0 Å². The zero-order chi connectivity index (χ0) is 22.2. The van der Waals surface area contributed by atoms with Crippen molar-refractivity contribution in [3.8, 4) is 0 Å². The lowest BCUT2D eigenvalue weighted by Crippen LogP contribution is -2.53. The predicted molar refractivity (Wildman–Crippen MR) is 90.8 cm³/mol. The Labute approximate surface area is 166 Å². The van der Waals surface area contributed by atoms with E-state index in [1.807, 2.05) is 0 Å². The Kier molecular flexibility index (Phi) is 5.76. The van der Waals surface area contributed by atoms with E-state index in [0.29, 0.717) is 15.9 Å². The molecule has 0 atom stereocenters. The highest BCUT2D eigenvalue weighted by molar-refractivity contribution is 7.91. The smallest absolute Gasteiger partial charge is 0.340 e. The molecule has 2 aromatic carbocycles. The van der Waals surface area contributed by atoms with Crippen LogP contribution in [0.25, 0.3) is 0 Å². The Hall–Kier alpha value is -3.06. The number of carbonyl (C=O) groups excluding carboxylic acids is 2. The second-order valence-corrected chi connectivity index (χ2v) is 7.84. The van der Waals surface area contributed by atoms with E-state index in [9.17, 15) is 40.0 Å². The van der Waals surface area contributed by atoms with Crippen LogP contribution in [0, 0.1) is 17.5 Å². The van der Waals surface area contributed by atoms with E-state index in [4.69, 9.17) is 4.74 Å². The van der Waals surface area contributed by atoms with Crippen LogP contribution >= 0.6 is 0 Å². The number of rotatable bonds is 4. The number of amides is 3. The first-order chi connectivity index (χ1) is 14.1. The molecule has 3 rings (SSSR count). The van der Waals surface area contributed by atoms with E-state index in [1.54, 1.807) is 0 Å². The predicted octanol–water partition coefficient (Wildman–Crippen LogP) is 3.11. The number of carbonyl (C=O) groups is 2. The number of urea groups is 1. The third-order valence-corrected chi connectivity index (χ3v) is 5.48. The maximum absolute atomic E-state index is 14.4. The van der Waals surface area contributed by atoms with Gasteiger partial charge in [-0.2, -0.15) is 8.78 Å². The Morgan fingerprint density at radius 3 is 2.20 bits per heavy atom. The molecule has 160 valence electrons. The van der Waals surface area contributed by atoms with E-state index < -0.39 is 74.6 Å². The van der Waals surface area contributed by atoms with Crippen molar-refractivity contribution in [2.75, 3.05) is 18.4 Å². The number of benzene rings is 2. The van der Waals surface area contributed by atoms with Gasteiger partial charge in [0.15, 0.2) is 0 Å². The van der Waals surface area contributed by atoms with Gasteiger partial charge in [0.05, 0.1) is 10.6 Å². The second-order valence-electron chi connectivity index (χ2n) is 5.92. The minimum absolute atomic E-state index is 0.279. The van der Waals surface area contributed by atoms with E-state index in [-0.39, 0.29) is 6.07 Å². The van der Waals surface area contributed by atoms with Gasteiger partial charge in [0.2, 0.25) is 9.84 Å². The van der Waals surface area contributed by atoms with Crippen molar-refractivity contribution in [3.05, 3.63) is 59.4 Å². The second kappa shape index (κ2) is 7.99. The number of ether oxygens (including phenoxy) is 1. The Balaban J connectivity index is 1.93. The van der Waals surface area contributed by atoms with Crippen LogP contribution < -0.4 is 4.90 Å². The van der Waals surface area contributed by atoms with Crippen LogP contribution in [-0.4, -0.2) is 44.5 Å². The van der Waals surface area contributed by atoms with Crippen molar-refractivity contribution in [3.63, 3.8) is 0 Å². The Bertz CT molecular complexity index is 1110. The van der Waals surface area contributed by atoms with Crippen LogP contribution in [0.1, 0.15) is 10.4 Å². The molecule has 0 saturated carbocycles. The first-order valence-corrected chi connectivity index (χ1v) is 9.57. The molecule has 0 bridgehead atoms. The van der Waals surface area contributed by atoms with Crippen LogP contribution in [0.2, 0.25) is 0 Å². The number of anilines is 1. The molecule has 7 nitrogen and oxygen atoms in total. The lowest BCUT2D eigenvalue weighted by molar-refractivity contribution is 0.0214. The summed E-state index contributed by atoms with van der Waals surface area (Å²) in [5.41, 5.74) is -1.63. The molecular formula is C17H11F5N2O5S. The number of hydrogen-bond acceptors (Lipinski definition) is 5. The van der Waals surface area contributed by atoms with E-state index >= 15 is 0 Å². The van der Waals surface area contributed by atoms with Crippen LogP contribution in [-0.2, 0) is 14.6 Å². The molecule has 13 heteroatoms. The molecule has 3 amide bonds. The summed E-state index contributed by atoms with van der Waals surface area (Å²) in [5, 5.41) is 0. The molecule has 0 aromatic heterocycles. The highest BCUT2D eigenvalue weighted by atomic mass is 32.2. The van der Waals surface area contributed by atoms with Crippen LogP contribution in [0.15, 0.2) is 41.3 Å². The number of alkyl halides is 2. The summed E-state index contributed by atoms with van der Waals surface area (Å²) in [7, 11) is -5.09. The van der Waals surface area contributed by atoms with Gasteiger partial charge in [-0.15, -0.1) is 0 Å². The summed E-state index contributed by atoms with van der Waals surface area (Å²) in [6, 6.07) is 3.02. The van der Waals surface area contributed by atoms with Gasteiger partial charge in [0.1, 0.15) is 36.5 Å². The van der Waals surface area contributed by atoms with Gasteiger partial charge in [0, 0.05) is 0 Å². The SMILES string of the molecule is O=C(c1c(F)cccc1F)N1COCN(c2ccc(S(=O)(=O)C(F)F)cc2F)C1=O. The molecule has 0 aliphatic carbocycles. The number of imide groups is 1. The minimum Gasteiger partial charge on any atom is -0.340 e. The molecule has 1 fully saturated rings. The minimum atomic E-state index is -5.09. The molecule has 2 aromatic rings. The number of nitrogens with zero attached hydrogens (tertiary/aromatic N) is 2. The van der Waals surface area contributed by atoms with Gasteiger partial charge >= 0.3 is 11.8 Å². The fourth-order valence-corrected chi connectivity index (χ4v) is 3.35. The largest absolute Gasteiger partial charge is 0.341 e. The fraction of sp³-hybridized carbons (Fsp3) is 0.176. The van der Waals surface area contributed by atoms with Crippen molar-refractivity contribution in [2.45, 2.75) is 10.7 Å².